The third-order valence-electron chi connectivity index (χ3n) is 2.73. The average molecular weight is 305 g/mol. The minimum absolute atomic E-state index is 0.396. The number of para-hydroxylation sites is 1. The maximum absolute atomic E-state index is 12.2. The van der Waals surface area contributed by atoms with Crippen molar-refractivity contribution < 1.29 is 22.6 Å². The van der Waals surface area contributed by atoms with Gasteiger partial charge in [-0.2, -0.15) is 13.2 Å². The van der Waals surface area contributed by atoms with E-state index in [9.17, 15) is 13.2 Å². The summed E-state index contributed by atoms with van der Waals surface area (Å²) in [6.07, 6.45) is -4.22. The SMILES string of the molecule is CCCNCc1cccc(OCC)c1OCCC(F)(F)F. The van der Waals surface area contributed by atoms with Crippen LogP contribution in [0.15, 0.2) is 18.2 Å². The van der Waals surface area contributed by atoms with E-state index in [0.717, 1.165) is 18.5 Å². The molecule has 0 saturated carbocycles. The summed E-state index contributed by atoms with van der Waals surface area (Å²) in [6.45, 7) is 5.26. The van der Waals surface area contributed by atoms with Gasteiger partial charge < -0.3 is 14.8 Å². The summed E-state index contributed by atoms with van der Waals surface area (Å²) in [4.78, 5) is 0. The lowest BCUT2D eigenvalue weighted by Gasteiger charge is -2.17. The summed E-state index contributed by atoms with van der Waals surface area (Å²) in [5.41, 5.74) is 0.802. The highest BCUT2D eigenvalue weighted by Gasteiger charge is 2.27. The minimum Gasteiger partial charge on any atom is -0.490 e. The summed E-state index contributed by atoms with van der Waals surface area (Å²) in [5, 5.41) is 3.21. The fourth-order valence-corrected chi connectivity index (χ4v) is 1.80. The molecule has 0 bridgehead atoms. The molecule has 0 aromatic heterocycles. The first-order valence-corrected chi connectivity index (χ1v) is 7.12. The number of rotatable bonds is 9. The summed E-state index contributed by atoms with van der Waals surface area (Å²) >= 11 is 0. The van der Waals surface area contributed by atoms with Gasteiger partial charge in [0.2, 0.25) is 0 Å². The van der Waals surface area contributed by atoms with Crippen molar-refractivity contribution in [3.05, 3.63) is 23.8 Å². The van der Waals surface area contributed by atoms with Crippen LogP contribution < -0.4 is 14.8 Å². The molecule has 0 saturated heterocycles. The van der Waals surface area contributed by atoms with E-state index in [1.807, 2.05) is 26.0 Å². The topological polar surface area (TPSA) is 30.5 Å². The molecule has 3 nitrogen and oxygen atoms in total. The Morgan fingerprint density at radius 2 is 1.90 bits per heavy atom. The second kappa shape index (κ2) is 8.77. The van der Waals surface area contributed by atoms with Gasteiger partial charge in [0.25, 0.3) is 0 Å². The normalized spacial score (nSPS) is 11.5. The van der Waals surface area contributed by atoms with Crippen LogP contribution in [0.3, 0.4) is 0 Å². The Morgan fingerprint density at radius 1 is 1.14 bits per heavy atom. The molecule has 1 aromatic carbocycles. The molecule has 0 unspecified atom stereocenters. The number of halogens is 3. The van der Waals surface area contributed by atoms with Gasteiger partial charge in [0.05, 0.1) is 19.6 Å². The molecule has 0 aliphatic carbocycles. The molecule has 1 rings (SSSR count). The molecule has 0 amide bonds. The molecule has 120 valence electrons. The molecule has 0 heterocycles. The molecule has 0 aliphatic heterocycles. The zero-order valence-corrected chi connectivity index (χ0v) is 12.4. The number of hydrogen-bond acceptors (Lipinski definition) is 3. The lowest BCUT2D eigenvalue weighted by atomic mass is 10.2. The van der Waals surface area contributed by atoms with Crippen molar-refractivity contribution in [3.8, 4) is 11.5 Å². The minimum atomic E-state index is -4.22. The van der Waals surface area contributed by atoms with Crippen molar-refractivity contribution in [1.29, 1.82) is 0 Å². The molecule has 0 radical (unpaired) electrons. The maximum Gasteiger partial charge on any atom is 0.392 e. The first kappa shape index (κ1) is 17.6. The van der Waals surface area contributed by atoms with E-state index in [0.29, 0.717) is 24.7 Å². The van der Waals surface area contributed by atoms with E-state index >= 15 is 0 Å². The van der Waals surface area contributed by atoms with Crippen molar-refractivity contribution in [3.63, 3.8) is 0 Å². The van der Waals surface area contributed by atoms with Gasteiger partial charge in [0.15, 0.2) is 11.5 Å². The highest BCUT2D eigenvalue weighted by Crippen LogP contribution is 2.32. The smallest absolute Gasteiger partial charge is 0.392 e. The monoisotopic (exact) mass is 305 g/mol. The third-order valence-corrected chi connectivity index (χ3v) is 2.73. The van der Waals surface area contributed by atoms with E-state index in [4.69, 9.17) is 9.47 Å². The van der Waals surface area contributed by atoms with Crippen LogP contribution in [-0.4, -0.2) is 25.9 Å². The van der Waals surface area contributed by atoms with Crippen LogP contribution in [0.1, 0.15) is 32.3 Å². The first-order chi connectivity index (χ1) is 9.98. The molecule has 6 heteroatoms. The molecular formula is C15H22F3NO2. The van der Waals surface area contributed by atoms with Crippen LogP contribution in [0, 0.1) is 0 Å². The molecule has 0 atom stereocenters. The Kier molecular flexibility index (Phi) is 7.36. The molecular weight excluding hydrogens is 283 g/mol. The Morgan fingerprint density at radius 3 is 2.52 bits per heavy atom. The van der Waals surface area contributed by atoms with Gasteiger partial charge in [0, 0.05) is 12.1 Å². The number of nitrogens with one attached hydrogen (secondary N) is 1. The summed E-state index contributed by atoms with van der Waals surface area (Å²) < 4.78 is 47.5. The average Bonchev–Trinajstić information content (AvgIpc) is 2.40. The lowest BCUT2D eigenvalue weighted by Crippen LogP contribution is -2.17. The molecule has 0 spiro atoms. The molecule has 1 N–H and O–H groups in total. The van der Waals surface area contributed by atoms with Gasteiger partial charge in [-0.3, -0.25) is 0 Å². The Bertz CT molecular complexity index is 422. The van der Waals surface area contributed by atoms with E-state index in [1.165, 1.54) is 0 Å². The largest absolute Gasteiger partial charge is 0.490 e. The maximum atomic E-state index is 12.2. The van der Waals surface area contributed by atoms with Crippen LogP contribution >= 0.6 is 0 Å². The number of alkyl halides is 3. The van der Waals surface area contributed by atoms with Crippen molar-refractivity contribution in [2.24, 2.45) is 0 Å². The van der Waals surface area contributed by atoms with Gasteiger partial charge >= 0.3 is 6.18 Å². The first-order valence-electron chi connectivity index (χ1n) is 7.12. The summed E-state index contributed by atoms with van der Waals surface area (Å²) in [5.74, 6) is 0.877. The van der Waals surface area contributed by atoms with Crippen molar-refractivity contribution in [1.82, 2.24) is 5.32 Å². The molecule has 1 aromatic rings. The van der Waals surface area contributed by atoms with Crippen LogP contribution in [0.25, 0.3) is 0 Å². The fraction of sp³-hybridized carbons (Fsp3) is 0.600. The van der Waals surface area contributed by atoms with Crippen LogP contribution in [0.5, 0.6) is 11.5 Å². The predicted octanol–water partition coefficient (Wildman–Crippen LogP) is 3.92. The van der Waals surface area contributed by atoms with Crippen molar-refractivity contribution in [2.75, 3.05) is 19.8 Å². The molecule has 0 fully saturated rings. The quantitative estimate of drug-likeness (QED) is 0.702. The number of ether oxygens (including phenoxy) is 2. The fourth-order valence-electron chi connectivity index (χ4n) is 1.80. The highest BCUT2D eigenvalue weighted by atomic mass is 19.4. The highest BCUT2D eigenvalue weighted by molar-refractivity contribution is 5.46. The number of hydrogen-bond donors (Lipinski definition) is 1. The lowest BCUT2D eigenvalue weighted by molar-refractivity contribution is -0.139. The van der Waals surface area contributed by atoms with Crippen LogP contribution in [0.2, 0.25) is 0 Å². The summed E-state index contributed by atoms with van der Waals surface area (Å²) in [7, 11) is 0. The van der Waals surface area contributed by atoms with Gasteiger partial charge in [-0.25, -0.2) is 0 Å². The van der Waals surface area contributed by atoms with Crippen LogP contribution in [-0.2, 0) is 6.54 Å². The Balaban J connectivity index is 2.78. The second-order valence-corrected chi connectivity index (χ2v) is 4.57. The second-order valence-electron chi connectivity index (χ2n) is 4.57. The zero-order chi connectivity index (χ0) is 15.7. The Labute approximate surface area is 123 Å². The van der Waals surface area contributed by atoms with Crippen LogP contribution in [0.4, 0.5) is 13.2 Å². The van der Waals surface area contributed by atoms with E-state index in [-0.39, 0.29) is 0 Å². The van der Waals surface area contributed by atoms with E-state index in [2.05, 4.69) is 5.32 Å². The third kappa shape index (κ3) is 6.71. The van der Waals surface area contributed by atoms with Gasteiger partial charge in [-0.15, -0.1) is 0 Å². The standard InChI is InChI=1S/C15H22F3NO2/c1-3-9-19-11-12-6-5-7-13(20-4-2)14(12)21-10-8-15(16,17)18/h5-7,19H,3-4,8-11H2,1-2H3. The zero-order valence-electron chi connectivity index (χ0n) is 12.4. The van der Waals surface area contributed by atoms with E-state index in [1.54, 1.807) is 6.07 Å². The van der Waals surface area contributed by atoms with E-state index < -0.39 is 19.2 Å². The predicted molar refractivity (Wildman–Crippen MR) is 75.8 cm³/mol. The van der Waals surface area contributed by atoms with Gasteiger partial charge in [0.1, 0.15) is 0 Å². The van der Waals surface area contributed by atoms with Crippen molar-refractivity contribution >= 4 is 0 Å². The van der Waals surface area contributed by atoms with Crippen molar-refractivity contribution in [2.45, 2.75) is 39.4 Å². The molecule has 21 heavy (non-hydrogen) atoms. The van der Waals surface area contributed by atoms with Gasteiger partial charge in [-0.05, 0) is 26.0 Å². The van der Waals surface area contributed by atoms with Gasteiger partial charge in [-0.1, -0.05) is 19.1 Å². The number of benzene rings is 1. The molecule has 0 aliphatic rings. The Hall–Kier alpha value is -1.43. The summed E-state index contributed by atoms with van der Waals surface area (Å²) in [6, 6.07) is 5.34.